The average Bonchev–Trinajstić information content (AvgIpc) is 2.62. The summed E-state index contributed by atoms with van der Waals surface area (Å²) >= 11 is 0. The van der Waals surface area contributed by atoms with Crippen LogP contribution in [0.1, 0.15) is 52.0 Å². The fourth-order valence-electron chi connectivity index (χ4n) is 3.38. The van der Waals surface area contributed by atoms with E-state index in [1.807, 2.05) is 37.3 Å². The van der Waals surface area contributed by atoms with Crippen LogP contribution in [0.25, 0.3) is 0 Å². The molecule has 1 aliphatic rings. The van der Waals surface area contributed by atoms with E-state index in [0.717, 1.165) is 5.56 Å². The summed E-state index contributed by atoms with van der Waals surface area (Å²) in [7, 11) is -1.57. The molecular weight excluding hydrogens is 422 g/mol. The molecule has 0 spiro atoms. The molecule has 28 heavy (non-hydrogen) atoms. The number of nitrogens with zero attached hydrogens (tertiary/aromatic N) is 1. The van der Waals surface area contributed by atoms with Gasteiger partial charge in [0.25, 0.3) is 0 Å². The number of rotatable bonds is 7. The van der Waals surface area contributed by atoms with Gasteiger partial charge in [0.1, 0.15) is 5.78 Å². The number of carbonyl (C=O) groups excluding carboxylic acids is 1. The first-order chi connectivity index (χ1) is 13.0. The smallest absolute Gasteiger partial charge is 0.232 e. The summed E-state index contributed by atoms with van der Waals surface area (Å²) < 4.78 is 45.8. The third kappa shape index (κ3) is 7.13. The second-order valence-corrected chi connectivity index (χ2v) is 11.9. The number of Topliss-reactive ketones (excluding diaryl/α,β-unsaturated/α-hetero) is 1. The maximum atomic E-state index is 12.2. The molecule has 0 saturated carbocycles. The fourth-order valence-corrected chi connectivity index (χ4v) is 5.84. The standard InChI is InChI=1S/C16H23NO3S.C3H7ClO2S/c1-3-13-21(19,20)17-11-9-16(10-12-17,14(2)18)15-7-5-4-6-8-15;1-2-3-7(4,5)6/h4-8H,3,9-13H2,1-2H3;2-3H2,1H3. The molecule has 0 unspecified atom stereocenters. The molecule has 0 radical (unpaired) electrons. The molecule has 0 amide bonds. The van der Waals surface area contributed by atoms with E-state index in [-0.39, 0.29) is 17.3 Å². The summed E-state index contributed by atoms with van der Waals surface area (Å²) in [5.41, 5.74) is 0.476. The number of ketones is 1. The van der Waals surface area contributed by atoms with Crippen molar-refractivity contribution < 1.29 is 21.6 Å². The van der Waals surface area contributed by atoms with Gasteiger partial charge < -0.3 is 0 Å². The Morgan fingerprint density at radius 3 is 1.86 bits per heavy atom. The first-order valence-corrected chi connectivity index (χ1v) is 13.5. The van der Waals surface area contributed by atoms with Crippen molar-refractivity contribution in [2.45, 2.75) is 51.9 Å². The summed E-state index contributed by atoms with van der Waals surface area (Å²) in [6, 6.07) is 9.73. The van der Waals surface area contributed by atoms with Gasteiger partial charge in [0, 0.05) is 23.8 Å². The van der Waals surface area contributed by atoms with Crippen molar-refractivity contribution in [2.75, 3.05) is 24.6 Å². The lowest BCUT2D eigenvalue weighted by molar-refractivity contribution is -0.123. The minimum atomic E-state index is -3.20. The van der Waals surface area contributed by atoms with E-state index in [1.54, 1.807) is 18.2 Å². The van der Waals surface area contributed by atoms with Crippen LogP contribution in [0.2, 0.25) is 0 Å². The van der Waals surface area contributed by atoms with Gasteiger partial charge in [-0.25, -0.2) is 21.1 Å². The molecule has 0 bridgehead atoms. The zero-order chi connectivity index (χ0) is 21.4. The lowest BCUT2D eigenvalue weighted by Gasteiger charge is -2.40. The maximum absolute atomic E-state index is 12.2. The van der Waals surface area contributed by atoms with Gasteiger partial charge in [-0.2, -0.15) is 0 Å². The summed E-state index contributed by atoms with van der Waals surface area (Å²) in [6.45, 7) is 6.10. The van der Waals surface area contributed by atoms with Crippen molar-refractivity contribution >= 4 is 35.5 Å². The number of benzene rings is 1. The molecule has 0 N–H and O–H groups in total. The van der Waals surface area contributed by atoms with E-state index >= 15 is 0 Å². The fraction of sp³-hybridized carbons (Fsp3) is 0.632. The number of sulfonamides is 1. The molecule has 1 heterocycles. The van der Waals surface area contributed by atoms with Crippen LogP contribution >= 0.6 is 10.7 Å². The van der Waals surface area contributed by atoms with Crippen molar-refractivity contribution in [1.82, 2.24) is 4.31 Å². The first kappa shape index (κ1) is 25.1. The molecule has 160 valence electrons. The van der Waals surface area contributed by atoms with Gasteiger partial charge >= 0.3 is 0 Å². The van der Waals surface area contributed by atoms with Crippen molar-refractivity contribution in [1.29, 1.82) is 0 Å². The highest BCUT2D eigenvalue weighted by atomic mass is 35.7. The van der Waals surface area contributed by atoms with Crippen LogP contribution in [0.4, 0.5) is 0 Å². The molecule has 0 aliphatic carbocycles. The predicted molar refractivity (Wildman–Crippen MR) is 114 cm³/mol. The van der Waals surface area contributed by atoms with Crippen LogP contribution in [-0.4, -0.2) is 51.5 Å². The van der Waals surface area contributed by atoms with E-state index < -0.39 is 24.5 Å². The van der Waals surface area contributed by atoms with E-state index in [9.17, 15) is 21.6 Å². The van der Waals surface area contributed by atoms with Crippen molar-refractivity contribution in [3.8, 4) is 0 Å². The molecule has 1 aromatic carbocycles. The molecule has 0 aromatic heterocycles. The van der Waals surface area contributed by atoms with Crippen LogP contribution in [0.15, 0.2) is 30.3 Å². The largest absolute Gasteiger partial charge is 0.299 e. The minimum Gasteiger partial charge on any atom is -0.299 e. The lowest BCUT2D eigenvalue weighted by Crippen LogP contribution is -2.48. The van der Waals surface area contributed by atoms with Crippen LogP contribution < -0.4 is 0 Å². The highest BCUT2D eigenvalue weighted by molar-refractivity contribution is 8.13. The maximum Gasteiger partial charge on any atom is 0.232 e. The highest BCUT2D eigenvalue weighted by Crippen LogP contribution is 2.37. The number of carbonyl (C=O) groups is 1. The third-order valence-corrected chi connectivity index (χ3v) is 8.31. The number of piperidine rings is 1. The molecule has 1 fully saturated rings. The molecule has 2 rings (SSSR count). The zero-order valence-corrected chi connectivity index (χ0v) is 19.1. The first-order valence-electron chi connectivity index (χ1n) is 9.45. The predicted octanol–water partition coefficient (Wildman–Crippen LogP) is 3.31. The van der Waals surface area contributed by atoms with Gasteiger partial charge in [-0.3, -0.25) is 4.79 Å². The van der Waals surface area contributed by atoms with Gasteiger partial charge in [-0.1, -0.05) is 44.2 Å². The molecule has 1 aliphatic heterocycles. The Morgan fingerprint density at radius 1 is 1.00 bits per heavy atom. The third-order valence-electron chi connectivity index (χ3n) is 4.88. The lowest BCUT2D eigenvalue weighted by atomic mass is 9.70. The second-order valence-electron chi connectivity index (χ2n) is 6.96. The highest BCUT2D eigenvalue weighted by Gasteiger charge is 2.42. The van der Waals surface area contributed by atoms with Crippen molar-refractivity contribution in [3.63, 3.8) is 0 Å². The Hall–Kier alpha value is -0.960. The Labute approximate surface area is 173 Å². The Bertz CT molecular complexity index is 830. The van der Waals surface area contributed by atoms with Crippen LogP contribution in [0.5, 0.6) is 0 Å². The molecular formula is C19H30ClNO5S2. The quantitative estimate of drug-likeness (QED) is 0.593. The summed E-state index contributed by atoms with van der Waals surface area (Å²) in [6.07, 6.45) is 2.34. The van der Waals surface area contributed by atoms with Crippen molar-refractivity contribution in [3.05, 3.63) is 35.9 Å². The van der Waals surface area contributed by atoms with Gasteiger partial charge in [-0.05, 0) is 38.2 Å². The second kappa shape index (κ2) is 10.7. The van der Waals surface area contributed by atoms with Crippen molar-refractivity contribution in [2.24, 2.45) is 0 Å². The summed E-state index contributed by atoms with van der Waals surface area (Å²) in [5, 5.41) is 0. The molecule has 1 saturated heterocycles. The number of hydrogen-bond donors (Lipinski definition) is 0. The molecule has 6 nitrogen and oxygen atoms in total. The summed E-state index contributed by atoms with van der Waals surface area (Å²) in [5.74, 6) is 0.390. The number of hydrogen-bond acceptors (Lipinski definition) is 5. The van der Waals surface area contributed by atoms with Crippen LogP contribution in [0.3, 0.4) is 0 Å². The van der Waals surface area contributed by atoms with Gasteiger partial charge in [0.15, 0.2) is 0 Å². The van der Waals surface area contributed by atoms with Crippen LogP contribution in [0, 0.1) is 0 Å². The zero-order valence-electron chi connectivity index (χ0n) is 16.7. The molecule has 1 aromatic rings. The van der Waals surface area contributed by atoms with Crippen LogP contribution in [-0.2, 0) is 29.3 Å². The van der Waals surface area contributed by atoms with E-state index in [2.05, 4.69) is 0 Å². The van der Waals surface area contributed by atoms with Gasteiger partial charge in [0.2, 0.25) is 19.1 Å². The van der Waals surface area contributed by atoms with Gasteiger partial charge in [0.05, 0.1) is 16.9 Å². The Kier molecular flexibility index (Phi) is 9.59. The molecule has 0 atom stereocenters. The normalized spacial score (nSPS) is 17.4. The Balaban J connectivity index is 0.000000480. The SMILES string of the molecule is CCCS(=O)(=O)Cl.CCCS(=O)(=O)N1CCC(C(C)=O)(c2ccccc2)CC1. The van der Waals surface area contributed by atoms with E-state index in [4.69, 9.17) is 10.7 Å². The summed E-state index contributed by atoms with van der Waals surface area (Å²) in [4.78, 5) is 12.2. The average molecular weight is 452 g/mol. The topological polar surface area (TPSA) is 88.6 Å². The van der Waals surface area contributed by atoms with E-state index in [1.165, 1.54) is 0 Å². The number of halogens is 1. The molecule has 9 heteroatoms. The van der Waals surface area contributed by atoms with E-state index in [0.29, 0.717) is 38.8 Å². The monoisotopic (exact) mass is 451 g/mol. The Morgan fingerprint density at radius 2 is 1.50 bits per heavy atom. The minimum absolute atomic E-state index is 0.0779. The van der Waals surface area contributed by atoms with Gasteiger partial charge in [-0.15, -0.1) is 0 Å².